The number of β-amino-alcohol motifs (C(OH)–C–C–N with tert-alkyl or cyclic N) is 1. The molecule has 0 aromatic carbocycles. The lowest BCUT2D eigenvalue weighted by molar-refractivity contribution is -0.193. The summed E-state index contributed by atoms with van der Waals surface area (Å²) in [6.45, 7) is 7.47. The van der Waals surface area contributed by atoms with Crippen molar-refractivity contribution in [3.05, 3.63) is 17.8 Å². The normalized spacial score (nSPS) is 20.9. The van der Waals surface area contributed by atoms with Gasteiger partial charge in [0.05, 0.1) is 25.0 Å². The topological polar surface area (TPSA) is 136 Å². The van der Waals surface area contributed by atoms with Crippen LogP contribution in [-0.4, -0.2) is 107 Å². The van der Waals surface area contributed by atoms with E-state index in [2.05, 4.69) is 20.0 Å². The summed E-state index contributed by atoms with van der Waals surface area (Å²) in [5.41, 5.74) is 0.944. The number of halogens is 6. The fourth-order valence-corrected chi connectivity index (χ4v) is 3.23. The van der Waals surface area contributed by atoms with Crippen LogP contribution in [0.4, 0.5) is 32.2 Å². The monoisotopic (exact) mass is 520 g/mol. The van der Waals surface area contributed by atoms with Crippen molar-refractivity contribution in [2.45, 2.75) is 31.8 Å². The molecule has 2 aliphatic rings. The number of fused-ring (bicyclic) bond motifs is 1. The van der Waals surface area contributed by atoms with E-state index in [1.807, 2.05) is 19.1 Å². The van der Waals surface area contributed by atoms with Gasteiger partial charge in [-0.05, 0) is 32.0 Å². The molecule has 2 saturated heterocycles. The number of hydrogen-bond acceptors (Lipinski definition) is 8. The lowest BCUT2D eigenvalue weighted by atomic mass is 9.93. The number of nitrogens with zero attached hydrogens (tertiary/aromatic N) is 4. The molecule has 10 nitrogen and oxygen atoms in total. The number of aliphatic carboxylic acids is 2. The predicted octanol–water partition coefficient (Wildman–Crippen LogP) is 1.57. The molecule has 3 heterocycles. The van der Waals surface area contributed by atoms with Gasteiger partial charge in [-0.2, -0.15) is 31.4 Å². The standard InChI is InChI=1S/C15H24N4O2.2C2HF3O2/c1-12-2-3-15(17-16-12)19-7-9-21-14-11-18(6-8-20)5-4-13(14)10-19;2*3-2(4,5)1(6)7/h2-3,13-14,20H,4-11H2,1H3;2*(H,6,7)/t13-,14-;;/m1../s1. The molecule has 0 spiro atoms. The molecule has 2 fully saturated rings. The Hall–Kier alpha value is -2.72. The Kier molecular flexibility index (Phi) is 11.6. The van der Waals surface area contributed by atoms with Gasteiger partial charge in [0, 0.05) is 32.1 Å². The minimum Gasteiger partial charge on any atom is -0.475 e. The average Bonchev–Trinajstić information content (AvgIpc) is 2.96. The van der Waals surface area contributed by atoms with Gasteiger partial charge in [-0.15, -0.1) is 5.10 Å². The van der Waals surface area contributed by atoms with Crippen molar-refractivity contribution in [3.63, 3.8) is 0 Å². The van der Waals surface area contributed by atoms with Crippen LogP contribution in [0.25, 0.3) is 0 Å². The van der Waals surface area contributed by atoms with Gasteiger partial charge in [-0.1, -0.05) is 0 Å². The number of aliphatic hydroxyl groups is 1. The third kappa shape index (κ3) is 11.0. The second-order valence-electron chi connectivity index (χ2n) is 7.57. The number of aryl methyl sites for hydroxylation is 1. The molecule has 0 bridgehead atoms. The summed E-state index contributed by atoms with van der Waals surface area (Å²) < 4.78 is 69.5. The van der Waals surface area contributed by atoms with Crippen LogP contribution >= 0.6 is 0 Å². The number of ether oxygens (including phenoxy) is 1. The van der Waals surface area contributed by atoms with Gasteiger partial charge in [0.2, 0.25) is 0 Å². The molecule has 0 amide bonds. The lowest BCUT2D eigenvalue weighted by Crippen LogP contribution is -2.47. The van der Waals surface area contributed by atoms with Crippen molar-refractivity contribution >= 4 is 17.8 Å². The number of likely N-dealkylation sites (tertiary alicyclic amines) is 1. The molecule has 1 aromatic rings. The lowest BCUT2D eigenvalue weighted by Gasteiger charge is -2.37. The Morgan fingerprint density at radius 3 is 2.06 bits per heavy atom. The second kappa shape index (κ2) is 13.4. The summed E-state index contributed by atoms with van der Waals surface area (Å²) in [4.78, 5) is 22.4. The molecule has 2 atom stereocenters. The Morgan fingerprint density at radius 2 is 1.60 bits per heavy atom. The zero-order valence-electron chi connectivity index (χ0n) is 18.6. The van der Waals surface area contributed by atoms with E-state index in [-0.39, 0.29) is 12.7 Å². The Bertz CT molecular complexity index is 785. The summed E-state index contributed by atoms with van der Waals surface area (Å²) >= 11 is 0. The van der Waals surface area contributed by atoms with Crippen LogP contribution in [0.1, 0.15) is 12.1 Å². The molecule has 16 heteroatoms. The summed E-state index contributed by atoms with van der Waals surface area (Å²) in [6, 6.07) is 4.05. The number of piperidine rings is 1. The highest BCUT2D eigenvalue weighted by Crippen LogP contribution is 2.26. The average molecular weight is 520 g/mol. The SMILES string of the molecule is Cc1ccc(N2CCO[C@@H]3CN(CCO)CC[C@@H]3C2)nn1.O=C(O)C(F)(F)F.O=C(O)C(F)(F)F. The van der Waals surface area contributed by atoms with Crippen molar-refractivity contribution in [2.75, 3.05) is 50.8 Å². The maximum Gasteiger partial charge on any atom is 0.490 e. The predicted molar refractivity (Wildman–Crippen MR) is 108 cm³/mol. The van der Waals surface area contributed by atoms with Crippen LogP contribution in [0.2, 0.25) is 0 Å². The van der Waals surface area contributed by atoms with Crippen LogP contribution in [0.5, 0.6) is 0 Å². The molecule has 0 aliphatic carbocycles. The van der Waals surface area contributed by atoms with Crippen LogP contribution < -0.4 is 4.90 Å². The van der Waals surface area contributed by atoms with Gasteiger partial charge < -0.3 is 25.0 Å². The molecule has 3 rings (SSSR count). The molecule has 0 saturated carbocycles. The number of alkyl halides is 6. The molecule has 0 radical (unpaired) electrons. The number of carboxylic acids is 2. The minimum absolute atomic E-state index is 0.225. The molecule has 2 aliphatic heterocycles. The van der Waals surface area contributed by atoms with E-state index in [0.717, 1.165) is 57.3 Å². The third-order valence-corrected chi connectivity index (χ3v) is 4.94. The number of anilines is 1. The number of hydrogen-bond donors (Lipinski definition) is 3. The first-order valence-electron chi connectivity index (χ1n) is 10.3. The number of rotatable bonds is 3. The quantitative estimate of drug-likeness (QED) is 0.504. The first-order valence-corrected chi connectivity index (χ1v) is 10.3. The molecular formula is C19H26F6N4O6. The smallest absolute Gasteiger partial charge is 0.475 e. The van der Waals surface area contributed by atoms with Crippen molar-refractivity contribution in [3.8, 4) is 0 Å². The summed E-state index contributed by atoms with van der Waals surface area (Å²) in [5, 5.41) is 31.8. The Labute approximate surface area is 196 Å². The fraction of sp³-hybridized carbons (Fsp3) is 0.684. The highest BCUT2D eigenvalue weighted by molar-refractivity contribution is 5.73. The van der Waals surface area contributed by atoms with Gasteiger partial charge >= 0.3 is 24.3 Å². The van der Waals surface area contributed by atoms with Gasteiger partial charge in [-0.25, -0.2) is 9.59 Å². The number of aliphatic hydroxyl groups excluding tert-OH is 1. The Morgan fingerprint density at radius 1 is 1.03 bits per heavy atom. The molecule has 0 unspecified atom stereocenters. The zero-order chi connectivity index (χ0) is 26.8. The summed E-state index contributed by atoms with van der Waals surface area (Å²) in [5.74, 6) is -4.03. The van der Waals surface area contributed by atoms with E-state index < -0.39 is 24.3 Å². The molecule has 35 heavy (non-hydrogen) atoms. The van der Waals surface area contributed by atoms with Gasteiger partial charge in [-0.3, -0.25) is 4.90 Å². The van der Waals surface area contributed by atoms with Gasteiger partial charge in [0.1, 0.15) is 0 Å². The molecule has 200 valence electrons. The van der Waals surface area contributed by atoms with Crippen molar-refractivity contribution in [1.82, 2.24) is 15.1 Å². The number of aromatic nitrogens is 2. The molecule has 1 aromatic heterocycles. The second-order valence-corrected chi connectivity index (χ2v) is 7.57. The summed E-state index contributed by atoms with van der Waals surface area (Å²) in [6.07, 6.45) is -8.78. The van der Waals surface area contributed by atoms with Crippen molar-refractivity contribution in [1.29, 1.82) is 0 Å². The number of carboxylic acid groups (broad SMARTS) is 2. The minimum atomic E-state index is -5.08. The van der Waals surface area contributed by atoms with Gasteiger partial charge in [0.15, 0.2) is 5.82 Å². The molecule has 3 N–H and O–H groups in total. The first kappa shape index (κ1) is 30.3. The first-order chi connectivity index (χ1) is 16.1. The van der Waals surface area contributed by atoms with Crippen LogP contribution in [0.15, 0.2) is 12.1 Å². The van der Waals surface area contributed by atoms with Gasteiger partial charge in [0.25, 0.3) is 0 Å². The third-order valence-electron chi connectivity index (χ3n) is 4.94. The molecular weight excluding hydrogens is 494 g/mol. The van der Waals surface area contributed by atoms with Crippen LogP contribution in [-0.2, 0) is 14.3 Å². The van der Waals surface area contributed by atoms with E-state index in [1.54, 1.807) is 0 Å². The van der Waals surface area contributed by atoms with E-state index in [9.17, 15) is 26.3 Å². The summed E-state index contributed by atoms with van der Waals surface area (Å²) in [7, 11) is 0. The highest BCUT2D eigenvalue weighted by Gasteiger charge is 2.39. The maximum atomic E-state index is 10.6. The highest BCUT2D eigenvalue weighted by atomic mass is 19.4. The van der Waals surface area contributed by atoms with E-state index >= 15 is 0 Å². The maximum absolute atomic E-state index is 10.6. The number of carbonyl (C=O) groups is 2. The van der Waals surface area contributed by atoms with Crippen LogP contribution in [0.3, 0.4) is 0 Å². The van der Waals surface area contributed by atoms with Crippen molar-refractivity contribution < 1.29 is 56.0 Å². The largest absolute Gasteiger partial charge is 0.490 e. The van der Waals surface area contributed by atoms with E-state index in [0.29, 0.717) is 5.92 Å². The van der Waals surface area contributed by atoms with E-state index in [1.165, 1.54) is 0 Å². The van der Waals surface area contributed by atoms with E-state index in [4.69, 9.17) is 29.6 Å². The van der Waals surface area contributed by atoms with Crippen LogP contribution in [0, 0.1) is 12.8 Å². The van der Waals surface area contributed by atoms with Crippen molar-refractivity contribution in [2.24, 2.45) is 5.92 Å². The zero-order valence-corrected chi connectivity index (χ0v) is 18.6. The Balaban J connectivity index is 0.000000362. The fourth-order valence-electron chi connectivity index (χ4n) is 3.23.